The van der Waals surface area contributed by atoms with E-state index in [1.165, 1.54) is 6.26 Å². The van der Waals surface area contributed by atoms with E-state index in [0.717, 1.165) is 11.3 Å². The normalized spacial score (nSPS) is 22.5. The number of nitrogens with zero attached hydrogens (tertiary/aromatic N) is 2. The summed E-state index contributed by atoms with van der Waals surface area (Å²) in [6.07, 6.45) is 2.43. The SMILES string of the molecule is Cc1ccc(N2CC(C(=O)N3CCC(S(C)(=O)=O)CC3)CC2=O)cc1. The molecule has 136 valence electrons. The quantitative estimate of drug-likeness (QED) is 0.812. The van der Waals surface area contributed by atoms with Crippen LogP contribution in [0.2, 0.25) is 0 Å². The average molecular weight is 364 g/mol. The third-order valence-corrected chi connectivity index (χ3v) is 6.86. The lowest BCUT2D eigenvalue weighted by molar-refractivity contribution is -0.136. The predicted octanol–water partition coefficient (Wildman–Crippen LogP) is 1.38. The van der Waals surface area contributed by atoms with Crippen LogP contribution in [0.1, 0.15) is 24.8 Å². The zero-order chi connectivity index (χ0) is 18.2. The van der Waals surface area contributed by atoms with Crippen molar-refractivity contribution in [1.82, 2.24) is 4.90 Å². The molecule has 25 heavy (non-hydrogen) atoms. The topological polar surface area (TPSA) is 74.8 Å². The summed E-state index contributed by atoms with van der Waals surface area (Å²) in [5, 5.41) is -0.356. The molecular weight excluding hydrogens is 340 g/mol. The summed E-state index contributed by atoms with van der Waals surface area (Å²) in [5.41, 5.74) is 1.94. The van der Waals surface area contributed by atoms with Crippen LogP contribution in [-0.2, 0) is 19.4 Å². The van der Waals surface area contributed by atoms with E-state index in [-0.39, 0.29) is 29.4 Å². The molecule has 1 unspecified atom stereocenters. The molecule has 0 radical (unpaired) electrons. The van der Waals surface area contributed by atoms with E-state index in [4.69, 9.17) is 0 Å². The van der Waals surface area contributed by atoms with Gasteiger partial charge in [0.05, 0.1) is 11.2 Å². The second-order valence-corrected chi connectivity index (χ2v) is 9.42. The second-order valence-electron chi connectivity index (χ2n) is 7.10. The van der Waals surface area contributed by atoms with Crippen molar-refractivity contribution in [2.24, 2.45) is 5.92 Å². The molecule has 7 heteroatoms. The molecule has 0 aliphatic carbocycles. The Morgan fingerprint density at radius 3 is 2.28 bits per heavy atom. The average Bonchev–Trinajstić information content (AvgIpc) is 2.96. The Bertz CT molecular complexity index is 765. The number of anilines is 1. The molecule has 0 saturated carbocycles. The summed E-state index contributed by atoms with van der Waals surface area (Å²) in [7, 11) is -3.05. The van der Waals surface area contributed by atoms with Gasteiger partial charge in [0.1, 0.15) is 9.84 Å². The fourth-order valence-electron chi connectivity index (χ4n) is 3.61. The summed E-state index contributed by atoms with van der Waals surface area (Å²) in [5.74, 6) is -0.410. The molecule has 2 amide bonds. The Labute approximate surface area is 148 Å². The number of rotatable bonds is 3. The highest BCUT2D eigenvalue weighted by atomic mass is 32.2. The lowest BCUT2D eigenvalue weighted by atomic mass is 10.0. The monoisotopic (exact) mass is 364 g/mol. The number of hydrogen-bond acceptors (Lipinski definition) is 4. The Kier molecular flexibility index (Phi) is 4.86. The van der Waals surface area contributed by atoms with Crippen LogP contribution >= 0.6 is 0 Å². The highest BCUT2D eigenvalue weighted by molar-refractivity contribution is 7.91. The molecule has 2 saturated heterocycles. The molecular formula is C18H24N2O4S. The molecule has 3 rings (SSSR count). The molecule has 0 bridgehead atoms. The number of carbonyl (C=O) groups is 2. The van der Waals surface area contributed by atoms with Crippen LogP contribution in [0.5, 0.6) is 0 Å². The van der Waals surface area contributed by atoms with Gasteiger partial charge >= 0.3 is 0 Å². The van der Waals surface area contributed by atoms with E-state index in [1.54, 1.807) is 9.80 Å². The van der Waals surface area contributed by atoms with Crippen molar-refractivity contribution in [2.75, 3.05) is 30.8 Å². The fraction of sp³-hybridized carbons (Fsp3) is 0.556. The van der Waals surface area contributed by atoms with Gasteiger partial charge in [0, 0.05) is 38.0 Å². The summed E-state index contributed by atoms with van der Waals surface area (Å²) in [6, 6.07) is 7.71. The van der Waals surface area contributed by atoms with Crippen molar-refractivity contribution in [2.45, 2.75) is 31.4 Å². The first-order valence-corrected chi connectivity index (χ1v) is 10.6. The van der Waals surface area contributed by atoms with E-state index in [0.29, 0.717) is 32.5 Å². The standard InChI is InChI=1S/C18H24N2O4S/c1-13-3-5-15(6-4-13)20-12-14(11-17(20)21)18(22)19-9-7-16(8-10-19)25(2,23)24/h3-6,14,16H,7-12H2,1-2H3. The summed E-state index contributed by atoms with van der Waals surface area (Å²) >= 11 is 0. The number of piperidine rings is 1. The summed E-state index contributed by atoms with van der Waals surface area (Å²) in [4.78, 5) is 28.4. The van der Waals surface area contributed by atoms with Gasteiger partial charge in [-0.2, -0.15) is 0 Å². The molecule has 6 nitrogen and oxygen atoms in total. The molecule has 2 fully saturated rings. The first-order valence-electron chi connectivity index (χ1n) is 8.60. The van der Waals surface area contributed by atoms with Crippen molar-refractivity contribution in [1.29, 1.82) is 0 Å². The number of sulfone groups is 1. The largest absolute Gasteiger partial charge is 0.342 e. The van der Waals surface area contributed by atoms with Crippen LogP contribution < -0.4 is 4.90 Å². The maximum Gasteiger partial charge on any atom is 0.228 e. The van der Waals surface area contributed by atoms with Crippen molar-refractivity contribution in [3.63, 3.8) is 0 Å². The third kappa shape index (κ3) is 3.86. The number of aryl methyl sites for hydroxylation is 1. The van der Waals surface area contributed by atoms with E-state index < -0.39 is 9.84 Å². The molecule has 1 aromatic rings. The molecule has 0 N–H and O–H groups in total. The van der Waals surface area contributed by atoms with E-state index in [1.807, 2.05) is 31.2 Å². The van der Waals surface area contributed by atoms with Crippen LogP contribution in [0, 0.1) is 12.8 Å². The van der Waals surface area contributed by atoms with Gasteiger partial charge in [0.2, 0.25) is 11.8 Å². The smallest absolute Gasteiger partial charge is 0.228 e. The minimum Gasteiger partial charge on any atom is -0.342 e. The highest BCUT2D eigenvalue weighted by Crippen LogP contribution is 2.28. The Balaban J connectivity index is 1.63. The Hall–Kier alpha value is -1.89. The number of benzene rings is 1. The van der Waals surface area contributed by atoms with Crippen molar-refractivity contribution < 1.29 is 18.0 Å². The minimum atomic E-state index is -3.05. The Morgan fingerprint density at radius 2 is 1.72 bits per heavy atom. The maximum atomic E-state index is 12.7. The van der Waals surface area contributed by atoms with Gasteiger partial charge in [-0.25, -0.2) is 8.42 Å². The fourth-order valence-corrected chi connectivity index (χ4v) is 4.68. The number of hydrogen-bond donors (Lipinski definition) is 0. The second kappa shape index (κ2) is 6.78. The molecule has 1 aromatic carbocycles. The van der Waals surface area contributed by atoms with Crippen LogP contribution in [0.3, 0.4) is 0 Å². The van der Waals surface area contributed by atoms with E-state index >= 15 is 0 Å². The van der Waals surface area contributed by atoms with Crippen LogP contribution in [-0.4, -0.2) is 56.3 Å². The van der Waals surface area contributed by atoms with Gasteiger partial charge in [0.15, 0.2) is 0 Å². The van der Waals surface area contributed by atoms with Crippen LogP contribution in [0.25, 0.3) is 0 Å². The predicted molar refractivity (Wildman–Crippen MR) is 96.1 cm³/mol. The summed E-state index contributed by atoms with van der Waals surface area (Å²) < 4.78 is 23.3. The zero-order valence-corrected chi connectivity index (χ0v) is 15.5. The van der Waals surface area contributed by atoms with Crippen LogP contribution in [0.15, 0.2) is 24.3 Å². The van der Waals surface area contributed by atoms with Gasteiger partial charge < -0.3 is 9.80 Å². The highest BCUT2D eigenvalue weighted by Gasteiger charge is 2.38. The lowest BCUT2D eigenvalue weighted by Crippen LogP contribution is -2.45. The molecule has 1 atom stereocenters. The minimum absolute atomic E-state index is 0.0325. The first-order chi connectivity index (χ1) is 11.8. The maximum absolute atomic E-state index is 12.7. The molecule has 0 spiro atoms. The van der Waals surface area contributed by atoms with Gasteiger partial charge in [0.25, 0.3) is 0 Å². The lowest BCUT2D eigenvalue weighted by Gasteiger charge is -2.32. The van der Waals surface area contributed by atoms with Crippen molar-refractivity contribution >= 4 is 27.3 Å². The molecule has 2 heterocycles. The van der Waals surface area contributed by atoms with Gasteiger partial charge in [-0.15, -0.1) is 0 Å². The van der Waals surface area contributed by atoms with Crippen molar-refractivity contribution in [3.05, 3.63) is 29.8 Å². The van der Waals surface area contributed by atoms with Crippen LogP contribution in [0.4, 0.5) is 5.69 Å². The van der Waals surface area contributed by atoms with E-state index in [2.05, 4.69) is 0 Å². The number of likely N-dealkylation sites (tertiary alicyclic amines) is 1. The van der Waals surface area contributed by atoms with Gasteiger partial charge in [-0.1, -0.05) is 17.7 Å². The number of amides is 2. The third-order valence-electron chi connectivity index (χ3n) is 5.18. The number of carbonyl (C=O) groups excluding carboxylic acids is 2. The van der Waals surface area contributed by atoms with Gasteiger partial charge in [-0.05, 0) is 31.9 Å². The first kappa shape index (κ1) is 17.9. The van der Waals surface area contributed by atoms with Crippen molar-refractivity contribution in [3.8, 4) is 0 Å². The Morgan fingerprint density at radius 1 is 1.12 bits per heavy atom. The molecule has 0 aromatic heterocycles. The molecule has 2 aliphatic heterocycles. The molecule has 2 aliphatic rings. The van der Waals surface area contributed by atoms with E-state index in [9.17, 15) is 18.0 Å². The van der Waals surface area contributed by atoms with Gasteiger partial charge in [-0.3, -0.25) is 9.59 Å². The summed E-state index contributed by atoms with van der Waals surface area (Å²) in [6.45, 7) is 3.28. The zero-order valence-electron chi connectivity index (χ0n) is 14.6.